The number of amides is 1. The third-order valence-corrected chi connectivity index (χ3v) is 3.27. The van der Waals surface area contributed by atoms with Crippen molar-refractivity contribution in [1.29, 1.82) is 0 Å². The van der Waals surface area contributed by atoms with Crippen LogP contribution in [0.25, 0.3) is 0 Å². The lowest BCUT2D eigenvalue weighted by molar-refractivity contribution is 0.0987. The summed E-state index contributed by atoms with van der Waals surface area (Å²) in [4.78, 5) is 14.3. The first-order chi connectivity index (χ1) is 10.1. The van der Waals surface area contributed by atoms with Gasteiger partial charge in [-0.3, -0.25) is 4.79 Å². The molecule has 0 heterocycles. The molecule has 2 rings (SSSR count). The molecule has 3 nitrogen and oxygen atoms in total. The third-order valence-electron chi connectivity index (χ3n) is 3.27. The van der Waals surface area contributed by atoms with E-state index in [1.807, 2.05) is 19.1 Å². The minimum absolute atomic E-state index is 0.102. The maximum absolute atomic E-state index is 13.0. The molecule has 0 aromatic heterocycles. The normalized spacial score (nSPS) is 10.4. The topological polar surface area (TPSA) is 46.3 Å². The van der Waals surface area contributed by atoms with Gasteiger partial charge in [-0.15, -0.1) is 0 Å². The van der Waals surface area contributed by atoms with Crippen molar-refractivity contribution in [3.05, 3.63) is 65.5 Å². The van der Waals surface area contributed by atoms with E-state index in [1.165, 1.54) is 12.1 Å². The van der Waals surface area contributed by atoms with Crippen LogP contribution in [0.1, 0.15) is 22.3 Å². The zero-order chi connectivity index (χ0) is 15.2. The standard InChI is InChI=1S/C17H19FN2O/c1-13-3-5-14(6-4-13)17(21)20(12-2-11-19)16-9-7-15(18)8-10-16/h3-10H,2,11-12,19H2,1H3. The van der Waals surface area contributed by atoms with E-state index in [-0.39, 0.29) is 11.7 Å². The van der Waals surface area contributed by atoms with Crippen LogP contribution in [0.5, 0.6) is 0 Å². The minimum Gasteiger partial charge on any atom is -0.330 e. The second-order valence-corrected chi connectivity index (χ2v) is 4.94. The van der Waals surface area contributed by atoms with Crippen molar-refractivity contribution in [3.8, 4) is 0 Å². The lowest BCUT2D eigenvalue weighted by Gasteiger charge is -2.23. The van der Waals surface area contributed by atoms with Gasteiger partial charge in [0, 0.05) is 17.8 Å². The van der Waals surface area contributed by atoms with Crippen molar-refractivity contribution in [3.63, 3.8) is 0 Å². The molecular weight excluding hydrogens is 267 g/mol. The van der Waals surface area contributed by atoms with E-state index in [9.17, 15) is 9.18 Å². The molecule has 0 saturated carbocycles. The smallest absolute Gasteiger partial charge is 0.258 e. The summed E-state index contributed by atoms with van der Waals surface area (Å²) < 4.78 is 13.0. The van der Waals surface area contributed by atoms with Crippen LogP contribution in [-0.4, -0.2) is 19.0 Å². The zero-order valence-electron chi connectivity index (χ0n) is 12.1. The number of rotatable bonds is 5. The summed E-state index contributed by atoms with van der Waals surface area (Å²) in [6.45, 7) is 2.98. The molecule has 2 aromatic rings. The highest BCUT2D eigenvalue weighted by atomic mass is 19.1. The van der Waals surface area contributed by atoms with Crippen molar-refractivity contribution in [2.24, 2.45) is 5.73 Å². The van der Waals surface area contributed by atoms with Crippen molar-refractivity contribution >= 4 is 11.6 Å². The van der Waals surface area contributed by atoms with Gasteiger partial charge in [-0.1, -0.05) is 17.7 Å². The number of hydrogen-bond acceptors (Lipinski definition) is 2. The Morgan fingerprint density at radius 3 is 2.29 bits per heavy atom. The molecular formula is C17H19FN2O. The van der Waals surface area contributed by atoms with Crippen LogP contribution in [0.15, 0.2) is 48.5 Å². The van der Waals surface area contributed by atoms with Crippen LogP contribution in [0.2, 0.25) is 0 Å². The van der Waals surface area contributed by atoms with Gasteiger partial charge in [-0.05, 0) is 56.3 Å². The van der Waals surface area contributed by atoms with Gasteiger partial charge in [0.05, 0.1) is 0 Å². The fraction of sp³-hybridized carbons (Fsp3) is 0.235. The first-order valence-corrected chi connectivity index (χ1v) is 6.96. The lowest BCUT2D eigenvalue weighted by Crippen LogP contribution is -2.33. The highest BCUT2D eigenvalue weighted by molar-refractivity contribution is 6.06. The molecule has 0 bridgehead atoms. The SMILES string of the molecule is Cc1ccc(C(=O)N(CCCN)c2ccc(F)cc2)cc1. The Kier molecular flexibility index (Phi) is 5.06. The number of anilines is 1. The molecule has 2 aromatic carbocycles. The molecule has 4 heteroatoms. The molecule has 110 valence electrons. The quantitative estimate of drug-likeness (QED) is 0.918. The maximum Gasteiger partial charge on any atom is 0.258 e. The molecule has 21 heavy (non-hydrogen) atoms. The van der Waals surface area contributed by atoms with E-state index >= 15 is 0 Å². The average Bonchev–Trinajstić information content (AvgIpc) is 2.50. The van der Waals surface area contributed by atoms with Crippen molar-refractivity contribution in [2.75, 3.05) is 18.0 Å². The molecule has 0 aliphatic heterocycles. The van der Waals surface area contributed by atoms with Crippen LogP contribution in [0, 0.1) is 12.7 Å². The summed E-state index contributed by atoms with van der Waals surface area (Å²) in [6, 6.07) is 13.3. The van der Waals surface area contributed by atoms with Crippen LogP contribution >= 0.6 is 0 Å². The molecule has 1 amide bonds. The molecule has 0 atom stereocenters. The second-order valence-electron chi connectivity index (χ2n) is 4.94. The van der Waals surface area contributed by atoms with E-state index in [0.29, 0.717) is 30.8 Å². The number of nitrogens with zero attached hydrogens (tertiary/aromatic N) is 1. The predicted molar refractivity (Wildman–Crippen MR) is 82.9 cm³/mol. The summed E-state index contributed by atoms with van der Waals surface area (Å²) in [5.74, 6) is -0.421. The minimum atomic E-state index is -0.319. The molecule has 0 radical (unpaired) electrons. The van der Waals surface area contributed by atoms with E-state index in [4.69, 9.17) is 5.73 Å². The van der Waals surface area contributed by atoms with E-state index < -0.39 is 0 Å². The Hall–Kier alpha value is -2.20. The van der Waals surface area contributed by atoms with Crippen LogP contribution in [0.4, 0.5) is 10.1 Å². The number of hydrogen-bond donors (Lipinski definition) is 1. The zero-order valence-corrected chi connectivity index (χ0v) is 12.1. The molecule has 0 aliphatic carbocycles. The summed E-state index contributed by atoms with van der Waals surface area (Å²) in [5, 5.41) is 0. The van der Waals surface area contributed by atoms with Crippen LogP contribution in [-0.2, 0) is 0 Å². The molecule has 0 fully saturated rings. The van der Waals surface area contributed by atoms with Crippen molar-refractivity contribution in [2.45, 2.75) is 13.3 Å². The number of halogens is 1. The van der Waals surface area contributed by atoms with E-state index in [0.717, 1.165) is 5.56 Å². The fourth-order valence-electron chi connectivity index (χ4n) is 2.07. The Labute approximate surface area is 124 Å². The lowest BCUT2D eigenvalue weighted by atomic mass is 10.1. The van der Waals surface area contributed by atoms with Gasteiger partial charge < -0.3 is 10.6 Å². The second kappa shape index (κ2) is 6.99. The summed E-state index contributed by atoms with van der Waals surface area (Å²) in [6.07, 6.45) is 0.689. The van der Waals surface area contributed by atoms with Crippen molar-refractivity contribution in [1.82, 2.24) is 0 Å². The average molecular weight is 286 g/mol. The van der Waals surface area contributed by atoms with Gasteiger partial charge in [0.1, 0.15) is 5.82 Å². The summed E-state index contributed by atoms with van der Waals surface area (Å²) in [7, 11) is 0. The van der Waals surface area contributed by atoms with Gasteiger partial charge >= 0.3 is 0 Å². The predicted octanol–water partition coefficient (Wildman–Crippen LogP) is 3.13. The van der Waals surface area contributed by atoms with E-state index in [2.05, 4.69) is 0 Å². The number of benzene rings is 2. The summed E-state index contributed by atoms with van der Waals surface area (Å²) in [5.41, 5.74) is 7.93. The number of nitrogens with two attached hydrogens (primary N) is 1. The monoisotopic (exact) mass is 286 g/mol. The van der Waals surface area contributed by atoms with Gasteiger partial charge in [-0.2, -0.15) is 0 Å². The van der Waals surface area contributed by atoms with Crippen LogP contribution in [0.3, 0.4) is 0 Å². The number of carbonyl (C=O) groups excluding carboxylic acids is 1. The third kappa shape index (κ3) is 3.89. The van der Waals surface area contributed by atoms with Gasteiger partial charge in [0.25, 0.3) is 5.91 Å². The molecule has 0 spiro atoms. The summed E-state index contributed by atoms with van der Waals surface area (Å²) >= 11 is 0. The first-order valence-electron chi connectivity index (χ1n) is 6.96. The Morgan fingerprint density at radius 2 is 1.71 bits per heavy atom. The fourth-order valence-corrected chi connectivity index (χ4v) is 2.07. The van der Waals surface area contributed by atoms with Crippen molar-refractivity contribution < 1.29 is 9.18 Å². The highest BCUT2D eigenvalue weighted by Gasteiger charge is 2.17. The largest absolute Gasteiger partial charge is 0.330 e. The van der Waals surface area contributed by atoms with Crippen LogP contribution < -0.4 is 10.6 Å². The molecule has 2 N–H and O–H groups in total. The van der Waals surface area contributed by atoms with E-state index in [1.54, 1.807) is 29.2 Å². The molecule has 0 aliphatic rings. The van der Waals surface area contributed by atoms with Gasteiger partial charge in [-0.25, -0.2) is 4.39 Å². The van der Waals surface area contributed by atoms with Gasteiger partial charge in [0.15, 0.2) is 0 Å². The van der Waals surface area contributed by atoms with Gasteiger partial charge in [0.2, 0.25) is 0 Å². The Morgan fingerprint density at radius 1 is 1.10 bits per heavy atom. The number of carbonyl (C=O) groups is 1. The first kappa shape index (κ1) is 15.2. The Bertz CT molecular complexity index is 593. The molecule has 0 saturated heterocycles. The maximum atomic E-state index is 13.0. The highest BCUT2D eigenvalue weighted by Crippen LogP contribution is 2.18. The molecule has 0 unspecified atom stereocenters. The Balaban J connectivity index is 2.28. The number of aryl methyl sites for hydroxylation is 1.